The Bertz CT molecular complexity index is 690. The Balaban J connectivity index is 1.93. The molecule has 0 aliphatic rings. The quantitative estimate of drug-likeness (QED) is 0.496. The van der Waals surface area contributed by atoms with Gasteiger partial charge in [0.2, 0.25) is 5.13 Å². The molecule has 0 fully saturated rings. The van der Waals surface area contributed by atoms with Crippen molar-refractivity contribution in [3.05, 3.63) is 45.7 Å². The number of hydrogen-bond donors (Lipinski definition) is 1. The monoisotopic (exact) mass is 341 g/mol. The maximum Gasteiger partial charge on any atom is 0.311 e. The molecule has 1 aromatic heterocycles. The van der Waals surface area contributed by atoms with E-state index in [1.807, 2.05) is 0 Å². The highest BCUT2D eigenvalue weighted by Crippen LogP contribution is 2.17. The summed E-state index contributed by atoms with van der Waals surface area (Å²) in [5, 5.41) is 6.54. The van der Waals surface area contributed by atoms with Crippen LogP contribution in [0.15, 0.2) is 28.7 Å². The van der Waals surface area contributed by atoms with Gasteiger partial charge in [-0.15, -0.1) is 11.3 Å². The van der Waals surface area contributed by atoms with E-state index in [0.29, 0.717) is 23.0 Å². The zero-order valence-electron chi connectivity index (χ0n) is 11.7. The Labute approximate surface area is 135 Å². The Kier molecular flexibility index (Phi) is 5.85. The average molecular weight is 342 g/mol. The molecule has 2 rings (SSSR count). The molecular formula is C14H13ClFN3O2S. The van der Waals surface area contributed by atoms with Gasteiger partial charge in [0.25, 0.3) is 0 Å². The van der Waals surface area contributed by atoms with Gasteiger partial charge in [0.05, 0.1) is 30.0 Å². The number of benzene rings is 1. The van der Waals surface area contributed by atoms with Crippen molar-refractivity contribution in [3.8, 4) is 0 Å². The number of nitrogens with one attached hydrogen (secondary N) is 1. The van der Waals surface area contributed by atoms with Crippen LogP contribution in [0.4, 0.5) is 9.52 Å². The lowest BCUT2D eigenvalue weighted by molar-refractivity contribution is -0.142. The first-order valence-corrected chi connectivity index (χ1v) is 7.68. The first-order valence-electron chi connectivity index (χ1n) is 6.42. The minimum atomic E-state index is -0.404. The number of ether oxygens (including phenoxy) is 1. The number of esters is 1. The third-order valence-corrected chi connectivity index (χ3v) is 3.63. The molecule has 0 bridgehead atoms. The van der Waals surface area contributed by atoms with Gasteiger partial charge in [-0.2, -0.15) is 5.10 Å². The number of hydrazone groups is 1. The number of rotatable bonds is 6. The lowest BCUT2D eigenvalue weighted by Gasteiger charge is -1.98. The fourth-order valence-corrected chi connectivity index (χ4v) is 2.44. The highest BCUT2D eigenvalue weighted by Gasteiger charge is 2.07. The lowest BCUT2D eigenvalue weighted by atomic mass is 10.2. The number of anilines is 1. The molecule has 2 aromatic rings. The van der Waals surface area contributed by atoms with Crippen LogP contribution in [0.25, 0.3) is 0 Å². The number of thiazole rings is 1. The Hall–Kier alpha value is -1.99. The summed E-state index contributed by atoms with van der Waals surface area (Å²) >= 11 is 7.19. The summed E-state index contributed by atoms with van der Waals surface area (Å²) in [4.78, 5) is 15.5. The van der Waals surface area contributed by atoms with Crippen LogP contribution in [-0.4, -0.2) is 23.8 Å². The van der Waals surface area contributed by atoms with Crippen LogP contribution in [0.3, 0.4) is 0 Å². The fraction of sp³-hybridized carbons (Fsp3) is 0.214. The van der Waals surface area contributed by atoms with Crippen LogP contribution < -0.4 is 5.43 Å². The minimum Gasteiger partial charge on any atom is -0.466 e. The molecule has 0 spiro atoms. The molecule has 116 valence electrons. The van der Waals surface area contributed by atoms with E-state index >= 15 is 0 Å². The normalized spacial score (nSPS) is 10.9. The van der Waals surface area contributed by atoms with Gasteiger partial charge in [0.15, 0.2) is 0 Å². The van der Waals surface area contributed by atoms with Crippen molar-refractivity contribution in [1.29, 1.82) is 0 Å². The van der Waals surface area contributed by atoms with E-state index in [2.05, 4.69) is 15.5 Å². The third-order valence-electron chi connectivity index (χ3n) is 2.51. The number of halogens is 2. The fourth-order valence-electron chi connectivity index (χ4n) is 1.56. The lowest BCUT2D eigenvalue weighted by Crippen LogP contribution is -2.07. The maximum absolute atomic E-state index is 12.9. The zero-order chi connectivity index (χ0) is 15.9. The smallest absolute Gasteiger partial charge is 0.311 e. The van der Waals surface area contributed by atoms with Gasteiger partial charge >= 0.3 is 5.97 Å². The number of carbonyl (C=O) groups excluding carboxylic acids is 1. The predicted octanol–water partition coefficient (Wildman–Crippen LogP) is 3.49. The summed E-state index contributed by atoms with van der Waals surface area (Å²) in [5.41, 5.74) is 3.93. The van der Waals surface area contributed by atoms with Gasteiger partial charge < -0.3 is 4.74 Å². The van der Waals surface area contributed by atoms with Crippen molar-refractivity contribution >= 4 is 40.3 Å². The Morgan fingerprint density at radius 1 is 1.59 bits per heavy atom. The number of hydrogen-bond acceptors (Lipinski definition) is 6. The van der Waals surface area contributed by atoms with E-state index in [0.717, 1.165) is 0 Å². The SMILES string of the molecule is CCOC(=O)Cc1csc(NN=Cc2ccc(F)cc2Cl)n1. The van der Waals surface area contributed by atoms with Gasteiger partial charge in [0.1, 0.15) is 5.82 Å². The van der Waals surface area contributed by atoms with Crippen molar-refractivity contribution in [3.63, 3.8) is 0 Å². The van der Waals surface area contributed by atoms with Crippen molar-refractivity contribution in [2.45, 2.75) is 13.3 Å². The molecule has 1 N–H and O–H groups in total. The molecule has 0 aliphatic heterocycles. The summed E-state index contributed by atoms with van der Waals surface area (Å²) in [5.74, 6) is -0.723. The molecule has 0 aliphatic carbocycles. The standard InChI is InChI=1S/C14H13ClFN3O2S/c1-2-21-13(20)6-11-8-22-14(18-11)19-17-7-9-3-4-10(16)5-12(9)15/h3-5,7-8H,2,6H2,1H3,(H,18,19). The largest absolute Gasteiger partial charge is 0.466 e. The summed E-state index contributed by atoms with van der Waals surface area (Å²) in [6.07, 6.45) is 1.59. The first kappa shape index (κ1) is 16.4. The maximum atomic E-state index is 12.9. The molecule has 8 heteroatoms. The molecule has 22 heavy (non-hydrogen) atoms. The van der Waals surface area contributed by atoms with Gasteiger partial charge in [0, 0.05) is 10.9 Å². The van der Waals surface area contributed by atoms with Gasteiger partial charge in [-0.3, -0.25) is 10.2 Å². The molecule has 0 radical (unpaired) electrons. The molecular weight excluding hydrogens is 329 g/mol. The van der Waals surface area contributed by atoms with E-state index in [1.54, 1.807) is 12.3 Å². The van der Waals surface area contributed by atoms with E-state index in [4.69, 9.17) is 16.3 Å². The van der Waals surface area contributed by atoms with E-state index < -0.39 is 5.82 Å². The van der Waals surface area contributed by atoms with Gasteiger partial charge in [-0.05, 0) is 25.1 Å². The van der Waals surface area contributed by atoms with Crippen LogP contribution in [0.2, 0.25) is 5.02 Å². The predicted molar refractivity (Wildman–Crippen MR) is 85.1 cm³/mol. The van der Waals surface area contributed by atoms with Crippen LogP contribution >= 0.6 is 22.9 Å². The number of aromatic nitrogens is 1. The number of carbonyl (C=O) groups is 1. The average Bonchev–Trinajstić information content (AvgIpc) is 2.89. The van der Waals surface area contributed by atoms with E-state index in [9.17, 15) is 9.18 Å². The topological polar surface area (TPSA) is 63.6 Å². The molecule has 0 atom stereocenters. The van der Waals surface area contributed by atoms with Crippen LogP contribution in [-0.2, 0) is 16.0 Å². The summed E-state index contributed by atoms with van der Waals surface area (Å²) in [6, 6.07) is 4.04. The molecule has 0 saturated carbocycles. The van der Waals surface area contributed by atoms with Crippen LogP contribution in [0.5, 0.6) is 0 Å². The van der Waals surface area contributed by atoms with Gasteiger partial charge in [-0.1, -0.05) is 11.6 Å². The molecule has 0 saturated heterocycles. The second kappa shape index (κ2) is 7.86. The van der Waals surface area contributed by atoms with Crippen LogP contribution in [0.1, 0.15) is 18.2 Å². The number of nitrogens with zero attached hydrogens (tertiary/aromatic N) is 2. The molecule has 0 amide bonds. The van der Waals surface area contributed by atoms with Crippen LogP contribution in [0, 0.1) is 5.82 Å². The van der Waals surface area contributed by atoms with E-state index in [1.165, 1.54) is 35.8 Å². The molecule has 0 unspecified atom stereocenters. The van der Waals surface area contributed by atoms with E-state index in [-0.39, 0.29) is 17.4 Å². The zero-order valence-corrected chi connectivity index (χ0v) is 13.2. The Morgan fingerprint density at radius 3 is 3.14 bits per heavy atom. The minimum absolute atomic E-state index is 0.125. The summed E-state index contributed by atoms with van der Waals surface area (Å²) in [6.45, 7) is 2.10. The summed E-state index contributed by atoms with van der Waals surface area (Å²) in [7, 11) is 0. The second-order valence-electron chi connectivity index (χ2n) is 4.16. The second-order valence-corrected chi connectivity index (χ2v) is 5.43. The van der Waals surface area contributed by atoms with Crippen molar-refractivity contribution in [1.82, 2.24) is 4.98 Å². The third kappa shape index (κ3) is 4.78. The van der Waals surface area contributed by atoms with Crippen molar-refractivity contribution in [2.75, 3.05) is 12.0 Å². The Morgan fingerprint density at radius 2 is 2.41 bits per heavy atom. The van der Waals surface area contributed by atoms with Crippen molar-refractivity contribution < 1.29 is 13.9 Å². The molecule has 1 aromatic carbocycles. The van der Waals surface area contributed by atoms with Gasteiger partial charge in [-0.25, -0.2) is 9.37 Å². The highest BCUT2D eigenvalue weighted by atomic mass is 35.5. The summed E-state index contributed by atoms with van der Waals surface area (Å²) < 4.78 is 17.8. The van der Waals surface area contributed by atoms with Crippen molar-refractivity contribution in [2.24, 2.45) is 5.10 Å². The molecule has 5 nitrogen and oxygen atoms in total. The first-order chi connectivity index (χ1) is 10.6. The highest BCUT2D eigenvalue weighted by molar-refractivity contribution is 7.13. The molecule has 1 heterocycles.